The van der Waals surface area contributed by atoms with Crippen LogP contribution in [-0.4, -0.2) is 68.8 Å². The standard InChI is InChI=1S/C23H25N3O4/c27-22(26-10-9-17-5-1-2-6-18(17)26)16-25-15-21(23(28)24-11-13-29-14-12-24)30-20-8-4-3-7-19(20)25/h1-8,21H,9-16H2. The second-order valence-corrected chi connectivity index (χ2v) is 7.82. The van der Waals surface area contributed by atoms with Gasteiger partial charge in [-0.05, 0) is 30.2 Å². The lowest BCUT2D eigenvalue weighted by molar-refractivity contribution is -0.142. The van der Waals surface area contributed by atoms with Crippen molar-refractivity contribution in [3.05, 3.63) is 54.1 Å². The Bertz CT molecular complexity index is 957. The SMILES string of the molecule is O=C(C1CN(CC(=O)N2CCc3ccccc32)c2ccccc2O1)N1CCOCC1. The Labute approximate surface area is 175 Å². The summed E-state index contributed by atoms with van der Waals surface area (Å²) < 4.78 is 11.4. The maximum atomic E-state index is 13.2. The Balaban J connectivity index is 1.35. The average Bonchev–Trinajstić information content (AvgIpc) is 3.23. The minimum atomic E-state index is -0.628. The van der Waals surface area contributed by atoms with Crippen LogP contribution in [-0.2, 0) is 20.7 Å². The molecule has 1 saturated heterocycles. The summed E-state index contributed by atoms with van der Waals surface area (Å²) in [5, 5.41) is 0. The first-order valence-corrected chi connectivity index (χ1v) is 10.5. The van der Waals surface area contributed by atoms with Gasteiger partial charge in [-0.25, -0.2) is 0 Å². The third-order valence-corrected chi connectivity index (χ3v) is 5.97. The molecule has 2 aromatic rings. The molecule has 30 heavy (non-hydrogen) atoms. The smallest absolute Gasteiger partial charge is 0.265 e. The van der Waals surface area contributed by atoms with Crippen molar-refractivity contribution in [2.75, 3.05) is 55.7 Å². The number of amides is 2. The second kappa shape index (κ2) is 7.99. The predicted octanol–water partition coefficient (Wildman–Crippen LogP) is 1.70. The Kier molecular flexibility index (Phi) is 5.04. The van der Waals surface area contributed by atoms with Gasteiger partial charge in [0.1, 0.15) is 5.75 Å². The number of carbonyl (C=O) groups is 2. The van der Waals surface area contributed by atoms with Crippen LogP contribution in [0.15, 0.2) is 48.5 Å². The quantitative estimate of drug-likeness (QED) is 0.775. The van der Waals surface area contributed by atoms with Gasteiger partial charge in [0.05, 0.1) is 32.0 Å². The van der Waals surface area contributed by atoms with E-state index < -0.39 is 6.10 Å². The molecule has 1 atom stereocenters. The van der Waals surface area contributed by atoms with E-state index in [0.717, 1.165) is 17.8 Å². The van der Waals surface area contributed by atoms with Crippen LogP contribution in [0.4, 0.5) is 11.4 Å². The van der Waals surface area contributed by atoms with E-state index in [-0.39, 0.29) is 18.4 Å². The first-order chi connectivity index (χ1) is 14.7. The topological polar surface area (TPSA) is 62.3 Å². The van der Waals surface area contributed by atoms with Crippen molar-refractivity contribution in [2.24, 2.45) is 0 Å². The number of ether oxygens (including phenoxy) is 2. The van der Waals surface area contributed by atoms with E-state index in [1.54, 1.807) is 4.90 Å². The van der Waals surface area contributed by atoms with Crippen LogP contribution < -0.4 is 14.5 Å². The fourth-order valence-electron chi connectivity index (χ4n) is 4.42. The van der Waals surface area contributed by atoms with Crippen LogP contribution in [0.25, 0.3) is 0 Å². The van der Waals surface area contributed by atoms with Crippen molar-refractivity contribution in [2.45, 2.75) is 12.5 Å². The van der Waals surface area contributed by atoms with E-state index in [4.69, 9.17) is 9.47 Å². The van der Waals surface area contributed by atoms with Crippen LogP contribution in [0, 0.1) is 0 Å². The van der Waals surface area contributed by atoms with Crippen LogP contribution in [0.5, 0.6) is 5.75 Å². The number of benzene rings is 2. The molecule has 0 bridgehead atoms. The monoisotopic (exact) mass is 407 g/mol. The normalized spacial score (nSPS) is 20.4. The summed E-state index contributed by atoms with van der Waals surface area (Å²) in [6.45, 7) is 3.50. The maximum Gasteiger partial charge on any atom is 0.265 e. The summed E-state index contributed by atoms with van der Waals surface area (Å²) in [4.78, 5) is 31.9. The van der Waals surface area contributed by atoms with Crippen molar-refractivity contribution < 1.29 is 19.1 Å². The number of rotatable bonds is 3. The molecule has 3 aliphatic rings. The summed E-state index contributed by atoms with van der Waals surface area (Å²) in [5.41, 5.74) is 3.04. The summed E-state index contributed by atoms with van der Waals surface area (Å²) >= 11 is 0. The largest absolute Gasteiger partial charge is 0.477 e. The minimum Gasteiger partial charge on any atom is -0.477 e. The van der Waals surface area contributed by atoms with Gasteiger partial charge in [-0.15, -0.1) is 0 Å². The molecule has 3 aliphatic heterocycles. The number of para-hydroxylation sites is 3. The zero-order valence-electron chi connectivity index (χ0n) is 16.8. The van der Waals surface area contributed by atoms with Crippen molar-refractivity contribution >= 4 is 23.2 Å². The molecule has 1 unspecified atom stereocenters. The van der Waals surface area contributed by atoms with E-state index >= 15 is 0 Å². The number of carbonyl (C=O) groups excluding carboxylic acids is 2. The highest BCUT2D eigenvalue weighted by molar-refractivity contribution is 5.98. The Morgan fingerprint density at radius 1 is 0.933 bits per heavy atom. The molecule has 0 saturated carbocycles. The Hall–Kier alpha value is -3.06. The second-order valence-electron chi connectivity index (χ2n) is 7.82. The number of hydrogen-bond acceptors (Lipinski definition) is 5. The van der Waals surface area contributed by atoms with Crippen LogP contribution in [0.3, 0.4) is 0 Å². The molecule has 7 heteroatoms. The van der Waals surface area contributed by atoms with Gasteiger partial charge in [-0.3, -0.25) is 9.59 Å². The van der Waals surface area contributed by atoms with Gasteiger partial charge in [0, 0.05) is 25.3 Å². The number of morpholine rings is 1. The van der Waals surface area contributed by atoms with Gasteiger partial charge in [-0.2, -0.15) is 0 Å². The predicted molar refractivity (Wildman–Crippen MR) is 113 cm³/mol. The number of nitrogens with zero attached hydrogens (tertiary/aromatic N) is 3. The molecule has 2 aromatic carbocycles. The summed E-state index contributed by atoms with van der Waals surface area (Å²) in [6.07, 6.45) is 0.247. The van der Waals surface area contributed by atoms with Crippen molar-refractivity contribution in [1.29, 1.82) is 0 Å². The molecule has 0 aliphatic carbocycles. The lowest BCUT2D eigenvalue weighted by Crippen LogP contribution is -2.54. The summed E-state index contributed by atoms with van der Waals surface area (Å²) in [6, 6.07) is 15.7. The zero-order valence-corrected chi connectivity index (χ0v) is 16.8. The zero-order chi connectivity index (χ0) is 20.5. The highest BCUT2D eigenvalue weighted by Gasteiger charge is 2.36. The highest BCUT2D eigenvalue weighted by atomic mass is 16.5. The molecule has 156 valence electrons. The van der Waals surface area contributed by atoms with Gasteiger partial charge >= 0.3 is 0 Å². The fraction of sp³-hybridized carbons (Fsp3) is 0.391. The molecule has 0 aromatic heterocycles. The van der Waals surface area contributed by atoms with E-state index in [1.165, 1.54) is 5.56 Å². The minimum absolute atomic E-state index is 0.0363. The van der Waals surface area contributed by atoms with Crippen molar-refractivity contribution in [1.82, 2.24) is 4.90 Å². The van der Waals surface area contributed by atoms with E-state index in [9.17, 15) is 9.59 Å². The number of hydrogen-bond donors (Lipinski definition) is 0. The molecule has 0 spiro atoms. The highest BCUT2D eigenvalue weighted by Crippen LogP contribution is 2.34. The molecular formula is C23H25N3O4. The summed E-state index contributed by atoms with van der Waals surface area (Å²) in [7, 11) is 0. The van der Waals surface area contributed by atoms with E-state index in [1.807, 2.05) is 52.3 Å². The van der Waals surface area contributed by atoms with Crippen LogP contribution in [0.1, 0.15) is 5.56 Å². The number of fused-ring (bicyclic) bond motifs is 2. The lowest BCUT2D eigenvalue weighted by Gasteiger charge is -2.38. The van der Waals surface area contributed by atoms with Gasteiger partial charge in [-0.1, -0.05) is 30.3 Å². The molecule has 3 heterocycles. The van der Waals surface area contributed by atoms with Gasteiger partial charge in [0.25, 0.3) is 5.91 Å². The first-order valence-electron chi connectivity index (χ1n) is 10.5. The van der Waals surface area contributed by atoms with Gasteiger partial charge in [0.15, 0.2) is 6.10 Å². The third kappa shape index (κ3) is 3.50. The molecule has 1 fully saturated rings. The molecule has 0 N–H and O–H groups in total. The Morgan fingerprint density at radius 3 is 2.50 bits per heavy atom. The van der Waals surface area contributed by atoms with Crippen molar-refractivity contribution in [3.8, 4) is 5.75 Å². The average molecular weight is 407 g/mol. The van der Waals surface area contributed by atoms with E-state index in [0.29, 0.717) is 45.1 Å². The third-order valence-electron chi connectivity index (χ3n) is 5.97. The lowest BCUT2D eigenvalue weighted by atomic mass is 10.1. The fourth-order valence-corrected chi connectivity index (χ4v) is 4.42. The molecule has 5 rings (SSSR count). The first kappa shape index (κ1) is 18.9. The van der Waals surface area contributed by atoms with Crippen molar-refractivity contribution in [3.63, 3.8) is 0 Å². The van der Waals surface area contributed by atoms with Crippen LogP contribution >= 0.6 is 0 Å². The molecule has 2 amide bonds. The molecule has 7 nitrogen and oxygen atoms in total. The van der Waals surface area contributed by atoms with Gasteiger partial charge in [0.2, 0.25) is 5.91 Å². The number of anilines is 2. The Morgan fingerprint density at radius 2 is 1.67 bits per heavy atom. The van der Waals surface area contributed by atoms with E-state index in [2.05, 4.69) is 6.07 Å². The molecular weight excluding hydrogens is 382 g/mol. The summed E-state index contributed by atoms with van der Waals surface area (Å²) in [5.74, 6) is 0.635. The molecule has 0 radical (unpaired) electrons. The maximum absolute atomic E-state index is 13.2. The van der Waals surface area contributed by atoms with Gasteiger partial charge < -0.3 is 24.2 Å². The van der Waals surface area contributed by atoms with Crippen LogP contribution in [0.2, 0.25) is 0 Å².